The number of hydrogen-bond donors (Lipinski definition) is 3. The highest BCUT2D eigenvalue weighted by Gasteiger charge is 2.48. The summed E-state index contributed by atoms with van der Waals surface area (Å²) in [5.41, 5.74) is 8.92. The van der Waals surface area contributed by atoms with Crippen molar-refractivity contribution in [3.8, 4) is 0 Å². The summed E-state index contributed by atoms with van der Waals surface area (Å²) in [7, 11) is 2.20. The fourth-order valence-electron chi connectivity index (χ4n) is 6.44. The van der Waals surface area contributed by atoms with Gasteiger partial charge in [-0.1, -0.05) is 12.2 Å². The molecule has 2 aromatic rings. The molecule has 1 aromatic heterocycles. The summed E-state index contributed by atoms with van der Waals surface area (Å²) < 4.78 is 14.6. The van der Waals surface area contributed by atoms with Crippen LogP contribution in [0.2, 0.25) is 0 Å². The summed E-state index contributed by atoms with van der Waals surface area (Å²) >= 11 is 0. The zero-order valence-corrected chi connectivity index (χ0v) is 19.4. The van der Waals surface area contributed by atoms with E-state index in [2.05, 4.69) is 62.6 Å². The number of allylic oxidation sites excluding steroid dienone is 1. The molecule has 6 rings (SSSR count). The second-order valence-corrected chi connectivity index (χ2v) is 10.2. The number of anilines is 4. The second kappa shape index (κ2) is 7.94. The van der Waals surface area contributed by atoms with Crippen molar-refractivity contribution in [2.75, 3.05) is 35.7 Å². The number of fused-ring (bicyclic) bond motifs is 4. The summed E-state index contributed by atoms with van der Waals surface area (Å²) in [5, 5.41) is 6.35. The van der Waals surface area contributed by atoms with E-state index in [0.717, 1.165) is 31.4 Å². The second-order valence-electron chi connectivity index (χ2n) is 10.2. The third-order valence-corrected chi connectivity index (χ3v) is 8.11. The molecule has 4 aliphatic rings. The van der Waals surface area contributed by atoms with Crippen molar-refractivity contribution in [1.29, 1.82) is 0 Å². The predicted octanol–water partition coefficient (Wildman–Crippen LogP) is 2.65. The largest absolute Gasteiger partial charge is 0.369 e. The van der Waals surface area contributed by atoms with Gasteiger partial charge < -0.3 is 21.3 Å². The molecule has 0 spiro atoms. The molecule has 6 atom stereocenters. The Kier molecular flexibility index (Phi) is 4.98. The van der Waals surface area contributed by atoms with E-state index in [1.54, 1.807) is 0 Å². The van der Waals surface area contributed by atoms with E-state index < -0.39 is 5.82 Å². The predicted molar refractivity (Wildman–Crippen MR) is 129 cm³/mol. The maximum Gasteiger partial charge on any atom is 0.229 e. The Morgan fingerprint density at radius 1 is 1.18 bits per heavy atom. The average Bonchev–Trinajstić information content (AvgIpc) is 3.57. The lowest BCUT2D eigenvalue weighted by Gasteiger charge is -2.34. The summed E-state index contributed by atoms with van der Waals surface area (Å²) in [6, 6.07) is 7.18. The van der Waals surface area contributed by atoms with E-state index in [9.17, 15) is 9.18 Å². The van der Waals surface area contributed by atoms with Gasteiger partial charge in [-0.05, 0) is 62.4 Å². The molecule has 9 heteroatoms. The number of halogens is 1. The number of nitrogens with one attached hydrogen (secondary N) is 2. The van der Waals surface area contributed by atoms with Crippen molar-refractivity contribution in [2.24, 2.45) is 23.5 Å². The molecule has 3 heterocycles. The van der Waals surface area contributed by atoms with E-state index in [0.29, 0.717) is 18.0 Å². The maximum absolute atomic E-state index is 14.6. The van der Waals surface area contributed by atoms with Crippen molar-refractivity contribution in [3.63, 3.8) is 0 Å². The SMILES string of the molecule is Cc1cc(Nc2ncc(F)c(NC3C4C=CC(C4)C3C(N)=O)n2)ccc1N1CC2C[C@H]1CN2C. The number of piperazine rings is 1. The van der Waals surface area contributed by atoms with Gasteiger partial charge in [0, 0.05) is 42.6 Å². The van der Waals surface area contributed by atoms with Crippen molar-refractivity contribution >= 4 is 29.0 Å². The molecule has 4 bridgehead atoms. The molecule has 4 N–H and O–H groups in total. The molecule has 1 saturated carbocycles. The first-order valence-corrected chi connectivity index (χ1v) is 12.0. The zero-order valence-electron chi connectivity index (χ0n) is 19.4. The van der Waals surface area contributed by atoms with Crippen LogP contribution in [0.1, 0.15) is 18.4 Å². The van der Waals surface area contributed by atoms with Crippen LogP contribution in [-0.4, -0.2) is 59.0 Å². The van der Waals surface area contributed by atoms with Crippen LogP contribution in [0.3, 0.4) is 0 Å². The van der Waals surface area contributed by atoms with Crippen LogP contribution in [0.15, 0.2) is 36.5 Å². The van der Waals surface area contributed by atoms with Crippen LogP contribution in [-0.2, 0) is 4.79 Å². The van der Waals surface area contributed by atoms with E-state index in [-0.39, 0.29) is 35.5 Å². The van der Waals surface area contributed by atoms with Gasteiger partial charge in [0.25, 0.3) is 0 Å². The van der Waals surface area contributed by atoms with Gasteiger partial charge >= 0.3 is 0 Å². The number of carbonyl (C=O) groups excluding carboxylic acids is 1. The molecular formula is C25H30FN7O. The number of rotatable bonds is 6. The summed E-state index contributed by atoms with van der Waals surface area (Å²) in [6.07, 6.45) is 7.35. The van der Waals surface area contributed by atoms with Crippen molar-refractivity contribution in [1.82, 2.24) is 14.9 Å². The number of aromatic nitrogens is 2. The van der Waals surface area contributed by atoms with Crippen molar-refractivity contribution in [2.45, 2.75) is 37.9 Å². The number of carbonyl (C=O) groups is 1. The number of hydrogen-bond acceptors (Lipinski definition) is 7. The highest BCUT2D eigenvalue weighted by atomic mass is 19.1. The minimum atomic E-state index is -0.555. The first-order valence-electron chi connectivity index (χ1n) is 12.0. The summed E-state index contributed by atoms with van der Waals surface area (Å²) in [5.74, 6) is -0.653. The normalized spacial score (nSPS) is 31.4. The molecule has 1 amide bonds. The smallest absolute Gasteiger partial charge is 0.229 e. The molecule has 34 heavy (non-hydrogen) atoms. The topological polar surface area (TPSA) is 99.4 Å². The quantitative estimate of drug-likeness (QED) is 0.567. The maximum atomic E-state index is 14.6. The number of aryl methyl sites for hydroxylation is 1. The van der Waals surface area contributed by atoms with Gasteiger partial charge in [0.1, 0.15) is 0 Å². The molecular weight excluding hydrogens is 433 g/mol. The highest BCUT2D eigenvalue weighted by Crippen LogP contribution is 2.45. The van der Waals surface area contributed by atoms with Crippen LogP contribution in [0.5, 0.6) is 0 Å². The molecule has 5 unspecified atom stereocenters. The first kappa shape index (κ1) is 21.3. The van der Waals surface area contributed by atoms with E-state index in [1.165, 1.54) is 17.7 Å². The Morgan fingerprint density at radius 3 is 2.71 bits per heavy atom. The molecule has 8 nitrogen and oxygen atoms in total. The number of likely N-dealkylation sites (tertiary alicyclic amines) is 1. The molecule has 178 valence electrons. The number of nitrogens with zero attached hydrogens (tertiary/aromatic N) is 4. The number of amides is 1. The monoisotopic (exact) mass is 463 g/mol. The lowest BCUT2D eigenvalue weighted by Crippen LogP contribution is -2.44. The molecule has 2 aliphatic carbocycles. The van der Waals surface area contributed by atoms with Crippen LogP contribution >= 0.6 is 0 Å². The fraction of sp³-hybridized carbons (Fsp3) is 0.480. The zero-order chi connectivity index (χ0) is 23.6. The number of benzene rings is 1. The Labute approximate surface area is 198 Å². The minimum Gasteiger partial charge on any atom is -0.369 e. The summed E-state index contributed by atoms with van der Waals surface area (Å²) in [4.78, 5) is 25.5. The van der Waals surface area contributed by atoms with Gasteiger partial charge in [-0.25, -0.2) is 9.37 Å². The molecule has 3 fully saturated rings. The first-order chi connectivity index (χ1) is 16.4. The van der Waals surface area contributed by atoms with E-state index >= 15 is 0 Å². The van der Waals surface area contributed by atoms with E-state index in [4.69, 9.17) is 5.73 Å². The third-order valence-electron chi connectivity index (χ3n) is 8.11. The summed E-state index contributed by atoms with van der Waals surface area (Å²) in [6.45, 7) is 4.29. The Morgan fingerprint density at radius 2 is 2.00 bits per heavy atom. The Balaban J connectivity index is 1.18. The van der Waals surface area contributed by atoms with Crippen LogP contribution < -0.4 is 21.3 Å². The lowest BCUT2D eigenvalue weighted by atomic mass is 9.88. The Hall–Kier alpha value is -3.20. The molecule has 1 aromatic carbocycles. The van der Waals surface area contributed by atoms with Gasteiger partial charge in [0.2, 0.25) is 11.9 Å². The minimum absolute atomic E-state index is 0.0836. The standard InChI is InChI=1S/C25H30FN7O/c1-13-7-16(5-6-20(13)33-12-17-9-18(33)11-32(17)2)29-25-28-10-19(26)24(31-25)30-22-15-4-3-14(8-15)21(22)23(27)34/h3-7,10,14-15,17-18,21-22H,8-9,11-12H2,1-2H3,(H2,27,34)(H2,28,29,30,31)/t14?,15?,17?,18-,21?,22?/m0/s1. The average molecular weight is 464 g/mol. The lowest BCUT2D eigenvalue weighted by molar-refractivity contribution is -0.122. The van der Waals surface area contributed by atoms with Gasteiger partial charge in [0.15, 0.2) is 11.6 Å². The van der Waals surface area contributed by atoms with Crippen molar-refractivity contribution in [3.05, 3.63) is 47.9 Å². The Bertz CT molecular complexity index is 1170. The van der Waals surface area contributed by atoms with Gasteiger partial charge in [0.05, 0.1) is 12.1 Å². The molecule has 2 aliphatic heterocycles. The van der Waals surface area contributed by atoms with E-state index in [1.807, 2.05) is 12.1 Å². The van der Waals surface area contributed by atoms with Gasteiger partial charge in [-0.2, -0.15) is 4.98 Å². The number of nitrogens with two attached hydrogens (primary N) is 1. The van der Waals surface area contributed by atoms with Gasteiger partial charge in [-0.3, -0.25) is 9.69 Å². The van der Waals surface area contributed by atoms with Crippen molar-refractivity contribution < 1.29 is 9.18 Å². The van der Waals surface area contributed by atoms with Gasteiger partial charge in [-0.15, -0.1) is 0 Å². The van der Waals surface area contributed by atoms with Crippen LogP contribution in [0.25, 0.3) is 0 Å². The van der Waals surface area contributed by atoms with Crippen LogP contribution in [0, 0.1) is 30.5 Å². The fourth-order valence-corrected chi connectivity index (χ4v) is 6.44. The highest BCUT2D eigenvalue weighted by molar-refractivity contribution is 5.79. The molecule has 0 radical (unpaired) electrons. The number of likely N-dealkylation sites (N-methyl/N-ethyl adjacent to an activating group) is 1. The third kappa shape index (κ3) is 3.50. The molecule has 2 saturated heterocycles. The number of primary amides is 1. The van der Waals surface area contributed by atoms with Crippen LogP contribution in [0.4, 0.5) is 27.5 Å².